The number of nitrogens with two attached hydrogens (primary N) is 1. The van der Waals surface area contributed by atoms with Crippen molar-refractivity contribution in [2.45, 2.75) is 55.9 Å². The molecule has 0 unspecified atom stereocenters. The predicted molar refractivity (Wildman–Crippen MR) is 73.3 cm³/mol. The average molecular weight is 347 g/mol. The first-order valence-electron chi connectivity index (χ1n) is 7.25. The molecule has 7 atom stereocenters. The number of carboxylic acid groups (broad SMARTS) is 1. The van der Waals surface area contributed by atoms with E-state index in [9.17, 15) is 25.2 Å². The predicted octanol–water partition coefficient (Wildman–Crippen LogP) is -6.78. The molecule has 8 N–H and O–H groups in total. The van der Waals surface area contributed by atoms with Crippen LogP contribution in [0.2, 0.25) is 0 Å². The maximum absolute atomic E-state index is 11.8. The summed E-state index contributed by atoms with van der Waals surface area (Å²) in [4.78, 5) is 23.2. The Morgan fingerprint density at radius 3 is 2.54 bits per heavy atom. The van der Waals surface area contributed by atoms with Crippen LogP contribution in [-0.4, -0.2) is 74.0 Å². The second-order valence-electron chi connectivity index (χ2n) is 6.43. The number of aliphatic hydroxyl groups excluding tert-OH is 3. The number of carbonyl (C=O) groups is 2. The summed E-state index contributed by atoms with van der Waals surface area (Å²) in [7, 11) is 0. The standard InChI is InChI=1S/C11H17N3O6.C2H4O2/c1-10(19)2-3-7(17)13-9(12)14-11(3)4(15)6(10)20-8(18)5(11)16;1-2(3)4/h3-7,15-17,19H,2H2,1H3,(H3,12,13,14);1H3,(H,3,4)/t3-,4-,5-,6+,7-,10+,11-;/m1./s1. The van der Waals surface area contributed by atoms with Gasteiger partial charge in [-0.15, -0.1) is 0 Å². The van der Waals surface area contributed by atoms with E-state index in [-0.39, 0.29) is 12.4 Å². The molecule has 11 heteroatoms. The van der Waals surface area contributed by atoms with Gasteiger partial charge in [0, 0.05) is 5.97 Å². The topological polar surface area (TPSA) is 199 Å². The molecule has 11 nitrogen and oxygen atoms in total. The molecule has 3 aliphatic rings. The SMILES string of the molecule is CC(=O)[O-].C[C@]1(O)C[C@@H]2[C@@H](O)[NH+]=C(N)N[C@]23[C@H](O)C(=O)O[C@H]1[C@H]3O. The molecule has 1 aliphatic carbocycles. The molecule has 0 aromatic heterocycles. The first kappa shape index (κ1) is 18.4. The third kappa shape index (κ3) is 2.69. The van der Waals surface area contributed by atoms with E-state index in [1.807, 2.05) is 0 Å². The van der Waals surface area contributed by atoms with Gasteiger partial charge in [0.25, 0.3) is 0 Å². The fourth-order valence-corrected chi connectivity index (χ4v) is 3.62. The number of hydrogen-bond acceptors (Lipinski definition) is 10. The van der Waals surface area contributed by atoms with E-state index in [1.165, 1.54) is 6.92 Å². The van der Waals surface area contributed by atoms with E-state index in [4.69, 9.17) is 20.4 Å². The largest absolute Gasteiger partial charge is 0.550 e. The van der Waals surface area contributed by atoms with Crippen molar-refractivity contribution in [1.82, 2.24) is 5.32 Å². The van der Waals surface area contributed by atoms with Crippen molar-refractivity contribution in [2.24, 2.45) is 11.7 Å². The number of esters is 1. The van der Waals surface area contributed by atoms with Crippen molar-refractivity contribution in [3.8, 4) is 0 Å². The number of nitrogens with one attached hydrogen (secondary N) is 2. The second-order valence-corrected chi connectivity index (χ2v) is 6.43. The fourth-order valence-electron chi connectivity index (χ4n) is 3.62. The lowest BCUT2D eigenvalue weighted by Crippen LogP contribution is -2.98. The van der Waals surface area contributed by atoms with Crippen LogP contribution in [0, 0.1) is 5.92 Å². The summed E-state index contributed by atoms with van der Waals surface area (Å²) in [5, 5.41) is 52.6. The summed E-state index contributed by atoms with van der Waals surface area (Å²) in [5.74, 6) is -2.96. The number of guanidine groups is 1. The number of fused-ring (bicyclic) bond motifs is 1. The van der Waals surface area contributed by atoms with Gasteiger partial charge < -0.3 is 35.1 Å². The van der Waals surface area contributed by atoms with E-state index >= 15 is 0 Å². The van der Waals surface area contributed by atoms with Gasteiger partial charge in [0.1, 0.15) is 11.7 Å². The van der Waals surface area contributed by atoms with Crippen molar-refractivity contribution in [3.63, 3.8) is 0 Å². The molecule has 0 amide bonds. The lowest BCUT2D eigenvalue weighted by Gasteiger charge is -2.58. The van der Waals surface area contributed by atoms with Crippen LogP contribution in [0.25, 0.3) is 0 Å². The number of hydrogen-bond donors (Lipinski definition) is 7. The van der Waals surface area contributed by atoms with Gasteiger partial charge >= 0.3 is 11.9 Å². The molecular weight excluding hydrogens is 326 g/mol. The van der Waals surface area contributed by atoms with E-state index in [2.05, 4.69) is 10.3 Å². The maximum atomic E-state index is 11.8. The molecule has 1 saturated heterocycles. The van der Waals surface area contributed by atoms with Crippen LogP contribution >= 0.6 is 0 Å². The van der Waals surface area contributed by atoms with Gasteiger partial charge in [-0.1, -0.05) is 0 Å². The minimum absolute atomic E-state index is 0.00745. The Morgan fingerprint density at radius 2 is 2.00 bits per heavy atom. The zero-order valence-electron chi connectivity index (χ0n) is 13.1. The van der Waals surface area contributed by atoms with Gasteiger partial charge in [0.05, 0.1) is 5.92 Å². The van der Waals surface area contributed by atoms with Crippen LogP contribution in [0.5, 0.6) is 0 Å². The number of rotatable bonds is 0. The highest BCUT2D eigenvalue weighted by molar-refractivity contribution is 5.82. The zero-order chi connectivity index (χ0) is 18.4. The molecule has 0 radical (unpaired) electrons. The van der Waals surface area contributed by atoms with E-state index < -0.39 is 53.5 Å². The number of carboxylic acids is 1. The molecule has 2 aliphatic heterocycles. The zero-order valence-corrected chi connectivity index (χ0v) is 13.1. The summed E-state index contributed by atoms with van der Waals surface area (Å²) < 4.78 is 4.93. The monoisotopic (exact) mass is 347 g/mol. The lowest BCUT2D eigenvalue weighted by atomic mass is 9.59. The summed E-state index contributed by atoms with van der Waals surface area (Å²) >= 11 is 0. The molecular formula is C13H21N3O8. The first-order chi connectivity index (χ1) is 10.9. The van der Waals surface area contributed by atoms with E-state index in [1.54, 1.807) is 0 Å². The van der Waals surface area contributed by atoms with Crippen molar-refractivity contribution in [3.05, 3.63) is 0 Å². The van der Waals surface area contributed by atoms with Crippen molar-refractivity contribution in [1.29, 1.82) is 0 Å². The number of aliphatic carboxylic acids is 1. The Morgan fingerprint density at radius 1 is 1.46 bits per heavy atom. The Balaban J connectivity index is 0.000000471. The summed E-state index contributed by atoms with van der Waals surface area (Å²) in [5.41, 5.74) is 2.48. The molecule has 2 bridgehead atoms. The summed E-state index contributed by atoms with van der Waals surface area (Å²) in [6.07, 6.45) is -5.54. The first-order valence-corrected chi connectivity index (χ1v) is 7.25. The summed E-state index contributed by atoms with van der Waals surface area (Å²) in [6, 6.07) is 0. The van der Waals surface area contributed by atoms with Gasteiger partial charge in [-0.2, -0.15) is 0 Å². The fraction of sp³-hybridized carbons (Fsp3) is 0.769. The molecule has 24 heavy (non-hydrogen) atoms. The Hall–Kier alpha value is -1.95. The molecule has 136 valence electrons. The molecule has 3 rings (SSSR count). The summed E-state index contributed by atoms with van der Waals surface area (Å²) in [6.45, 7) is 2.38. The minimum atomic E-state index is -1.70. The minimum Gasteiger partial charge on any atom is -0.550 e. The van der Waals surface area contributed by atoms with Gasteiger partial charge in [0.15, 0.2) is 24.0 Å². The van der Waals surface area contributed by atoms with E-state index in [0.29, 0.717) is 0 Å². The van der Waals surface area contributed by atoms with Crippen LogP contribution < -0.4 is 21.1 Å². The number of aliphatic hydroxyl groups is 4. The average Bonchev–Trinajstić information content (AvgIpc) is 2.42. The van der Waals surface area contributed by atoms with Crippen LogP contribution in [0.4, 0.5) is 0 Å². The van der Waals surface area contributed by atoms with Gasteiger partial charge in [-0.3, -0.25) is 16.0 Å². The van der Waals surface area contributed by atoms with E-state index in [0.717, 1.165) is 6.92 Å². The number of ether oxygens (including phenoxy) is 1. The number of carbonyl (C=O) groups excluding carboxylic acids is 2. The van der Waals surface area contributed by atoms with Crippen LogP contribution in [0.3, 0.4) is 0 Å². The highest BCUT2D eigenvalue weighted by atomic mass is 16.6. The lowest BCUT2D eigenvalue weighted by molar-refractivity contribution is -0.585. The Labute approximate surface area is 136 Å². The normalized spacial score (nSPS) is 46.3. The Kier molecular flexibility index (Phi) is 4.48. The van der Waals surface area contributed by atoms with Gasteiger partial charge in [-0.25, -0.2) is 4.79 Å². The quantitative estimate of drug-likeness (QED) is 0.207. The van der Waals surface area contributed by atoms with Crippen LogP contribution in [0.15, 0.2) is 0 Å². The van der Waals surface area contributed by atoms with Crippen molar-refractivity contribution >= 4 is 17.9 Å². The van der Waals surface area contributed by atoms with Crippen molar-refractivity contribution < 1.29 is 44.9 Å². The maximum Gasteiger partial charge on any atom is 0.343 e. The third-order valence-corrected chi connectivity index (χ3v) is 4.59. The Bertz CT molecular complexity index is 576. The third-order valence-electron chi connectivity index (χ3n) is 4.59. The highest BCUT2D eigenvalue weighted by Crippen LogP contribution is 2.47. The molecule has 2 fully saturated rings. The van der Waals surface area contributed by atoms with Gasteiger partial charge in [0.2, 0.25) is 0 Å². The van der Waals surface area contributed by atoms with Crippen molar-refractivity contribution in [2.75, 3.05) is 0 Å². The molecule has 1 saturated carbocycles. The van der Waals surface area contributed by atoms with Crippen LogP contribution in [-0.2, 0) is 14.3 Å². The second kappa shape index (κ2) is 5.84. The molecule has 0 aromatic rings. The van der Waals surface area contributed by atoms with Gasteiger partial charge in [-0.05, 0) is 20.3 Å². The molecule has 1 spiro atoms. The molecule has 2 heterocycles. The highest BCUT2D eigenvalue weighted by Gasteiger charge is 2.72. The molecule has 0 aromatic carbocycles. The smallest absolute Gasteiger partial charge is 0.343 e. The van der Waals surface area contributed by atoms with Crippen LogP contribution in [0.1, 0.15) is 20.3 Å².